The standard InChI is InChI=1S/C10H14O.C6H4/c1-2-3-4-9-5-7-10(11)8-6-9;1-2-5-4-6(5)3-1/h5-8,11H,2-4H2,1H3;1-4H. The van der Waals surface area contributed by atoms with Gasteiger partial charge in [0, 0.05) is 0 Å². The highest BCUT2D eigenvalue weighted by Crippen LogP contribution is 2.32. The lowest BCUT2D eigenvalue weighted by atomic mass is 10.1. The summed E-state index contributed by atoms with van der Waals surface area (Å²) >= 11 is 0. The van der Waals surface area contributed by atoms with Gasteiger partial charge in [0.25, 0.3) is 0 Å². The third kappa shape index (κ3) is 3.63. The van der Waals surface area contributed by atoms with Crippen LogP contribution in [0.4, 0.5) is 0 Å². The predicted molar refractivity (Wildman–Crippen MR) is 72.2 cm³/mol. The van der Waals surface area contributed by atoms with Gasteiger partial charge in [0.2, 0.25) is 0 Å². The summed E-state index contributed by atoms with van der Waals surface area (Å²) < 4.78 is 0. The zero-order chi connectivity index (χ0) is 12.1. The smallest absolute Gasteiger partial charge is 0.115 e. The highest BCUT2D eigenvalue weighted by Gasteiger charge is 2.06. The molecule has 88 valence electrons. The fraction of sp³-hybridized carbons (Fsp3) is 0.250. The van der Waals surface area contributed by atoms with Crippen molar-refractivity contribution in [3.05, 3.63) is 54.1 Å². The molecule has 0 fully saturated rings. The Balaban J connectivity index is 0.000000148. The average molecular weight is 226 g/mol. The molecule has 1 aromatic rings. The summed E-state index contributed by atoms with van der Waals surface area (Å²) in [5.74, 6) is 0.352. The van der Waals surface area contributed by atoms with Crippen molar-refractivity contribution >= 4 is 0 Å². The molecule has 0 atom stereocenters. The van der Waals surface area contributed by atoms with Crippen LogP contribution in [0, 0.1) is 0 Å². The van der Waals surface area contributed by atoms with Gasteiger partial charge >= 0.3 is 0 Å². The molecule has 2 aliphatic rings. The summed E-state index contributed by atoms with van der Waals surface area (Å²) in [5.41, 5.74) is 4.16. The fourth-order valence-electron chi connectivity index (χ4n) is 1.72. The molecular formula is C16H18O. The number of phenols is 1. The lowest BCUT2D eigenvalue weighted by molar-refractivity contribution is 0.475. The topological polar surface area (TPSA) is 20.2 Å². The molecule has 17 heavy (non-hydrogen) atoms. The molecule has 0 saturated heterocycles. The Bertz CT molecular complexity index is 454. The predicted octanol–water partition coefficient (Wildman–Crippen LogP) is 4.40. The van der Waals surface area contributed by atoms with E-state index in [0.717, 1.165) is 6.42 Å². The number of rotatable bonds is 3. The quantitative estimate of drug-likeness (QED) is 0.701. The van der Waals surface area contributed by atoms with Crippen molar-refractivity contribution in [2.75, 3.05) is 0 Å². The van der Waals surface area contributed by atoms with Gasteiger partial charge < -0.3 is 5.11 Å². The van der Waals surface area contributed by atoms with Crippen molar-refractivity contribution in [1.82, 2.24) is 0 Å². The molecule has 2 aliphatic carbocycles. The van der Waals surface area contributed by atoms with Crippen LogP contribution in [-0.2, 0) is 6.42 Å². The van der Waals surface area contributed by atoms with Gasteiger partial charge in [0.1, 0.15) is 5.75 Å². The zero-order valence-electron chi connectivity index (χ0n) is 10.2. The van der Waals surface area contributed by atoms with Gasteiger partial charge in [-0.05, 0) is 47.7 Å². The Kier molecular flexibility index (Phi) is 3.81. The van der Waals surface area contributed by atoms with Crippen molar-refractivity contribution in [1.29, 1.82) is 0 Å². The Hall–Kier alpha value is -1.76. The van der Waals surface area contributed by atoms with Gasteiger partial charge in [-0.15, -0.1) is 0 Å². The Morgan fingerprint density at radius 2 is 1.59 bits per heavy atom. The molecular weight excluding hydrogens is 208 g/mol. The lowest BCUT2D eigenvalue weighted by Crippen LogP contribution is -1.82. The number of aromatic hydroxyl groups is 1. The number of benzene rings is 2. The molecule has 0 aliphatic heterocycles. The second-order valence-electron chi connectivity index (χ2n) is 4.35. The number of fused-ring (bicyclic) bond motifs is 1. The molecule has 0 radical (unpaired) electrons. The number of phenolic OH excluding ortho intramolecular Hbond substituents is 1. The van der Waals surface area contributed by atoms with Gasteiger partial charge in [0.05, 0.1) is 0 Å². The maximum absolute atomic E-state index is 8.98. The maximum Gasteiger partial charge on any atom is 0.115 e. The maximum atomic E-state index is 8.98. The molecule has 0 amide bonds. The highest BCUT2D eigenvalue weighted by molar-refractivity contribution is 5.80. The van der Waals surface area contributed by atoms with Crippen LogP contribution in [0.1, 0.15) is 25.3 Å². The van der Waals surface area contributed by atoms with Crippen LogP contribution in [0.15, 0.2) is 48.5 Å². The second-order valence-corrected chi connectivity index (χ2v) is 4.35. The summed E-state index contributed by atoms with van der Waals surface area (Å²) in [5, 5.41) is 8.98. The Morgan fingerprint density at radius 1 is 0.941 bits per heavy atom. The molecule has 1 N–H and O–H groups in total. The van der Waals surface area contributed by atoms with E-state index in [1.165, 1.54) is 29.5 Å². The molecule has 0 saturated carbocycles. The SMILES string of the molecule is CCCCc1ccc(O)cc1.c1cc2cc-2c1. The molecule has 0 spiro atoms. The van der Waals surface area contributed by atoms with E-state index in [9.17, 15) is 0 Å². The van der Waals surface area contributed by atoms with Crippen molar-refractivity contribution in [3.63, 3.8) is 0 Å². The number of aryl methyl sites for hydroxylation is 1. The van der Waals surface area contributed by atoms with E-state index in [0.29, 0.717) is 5.75 Å². The molecule has 0 unspecified atom stereocenters. The fourth-order valence-corrected chi connectivity index (χ4v) is 1.72. The van der Waals surface area contributed by atoms with Crippen LogP contribution in [-0.4, -0.2) is 5.11 Å². The Morgan fingerprint density at radius 3 is 2.00 bits per heavy atom. The number of hydrogen-bond donors (Lipinski definition) is 1. The third-order valence-corrected chi connectivity index (χ3v) is 2.87. The number of unbranched alkanes of at least 4 members (excludes halogenated alkanes) is 1. The van der Waals surface area contributed by atoms with Crippen LogP contribution >= 0.6 is 0 Å². The van der Waals surface area contributed by atoms with E-state index < -0.39 is 0 Å². The first kappa shape index (κ1) is 11.7. The lowest BCUT2D eigenvalue weighted by Gasteiger charge is -1.98. The summed E-state index contributed by atoms with van der Waals surface area (Å²) in [6.45, 7) is 2.18. The van der Waals surface area contributed by atoms with Crippen molar-refractivity contribution in [2.45, 2.75) is 26.2 Å². The largest absolute Gasteiger partial charge is 0.508 e. The first-order chi connectivity index (χ1) is 8.29. The van der Waals surface area contributed by atoms with Crippen LogP contribution < -0.4 is 0 Å². The van der Waals surface area contributed by atoms with Crippen molar-refractivity contribution in [2.24, 2.45) is 0 Å². The van der Waals surface area contributed by atoms with Gasteiger partial charge in [-0.25, -0.2) is 0 Å². The highest BCUT2D eigenvalue weighted by atomic mass is 16.3. The molecule has 0 heterocycles. The zero-order valence-corrected chi connectivity index (χ0v) is 10.2. The van der Waals surface area contributed by atoms with E-state index in [2.05, 4.69) is 31.2 Å². The average Bonchev–Trinajstić information content (AvgIpc) is 2.96. The van der Waals surface area contributed by atoms with Gasteiger partial charge in [-0.2, -0.15) is 0 Å². The van der Waals surface area contributed by atoms with E-state index in [1.54, 1.807) is 12.1 Å². The summed E-state index contributed by atoms with van der Waals surface area (Å²) in [6, 6.07) is 15.9. The van der Waals surface area contributed by atoms with Gasteiger partial charge in [0.15, 0.2) is 0 Å². The van der Waals surface area contributed by atoms with Crippen molar-refractivity contribution in [3.8, 4) is 16.9 Å². The molecule has 1 nitrogen and oxygen atoms in total. The number of hydrogen-bond acceptors (Lipinski definition) is 1. The minimum atomic E-state index is 0.352. The molecule has 0 aromatic heterocycles. The van der Waals surface area contributed by atoms with Crippen LogP contribution in [0.3, 0.4) is 0 Å². The van der Waals surface area contributed by atoms with E-state index in [-0.39, 0.29) is 0 Å². The van der Waals surface area contributed by atoms with Crippen LogP contribution in [0.5, 0.6) is 5.75 Å². The van der Waals surface area contributed by atoms with Gasteiger partial charge in [-0.3, -0.25) is 0 Å². The monoisotopic (exact) mass is 226 g/mol. The summed E-state index contributed by atoms with van der Waals surface area (Å²) in [4.78, 5) is 0. The molecule has 3 rings (SSSR count). The van der Waals surface area contributed by atoms with Crippen molar-refractivity contribution < 1.29 is 5.11 Å². The second kappa shape index (κ2) is 5.53. The first-order valence-electron chi connectivity index (χ1n) is 6.18. The normalized spacial score (nSPS) is 10.4. The van der Waals surface area contributed by atoms with E-state index in [4.69, 9.17) is 5.11 Å². The summed E-state index contributed by atoms with van der Waals surface area (Å²) in [6.07, 6.45) is 3.57. The molecule has 0 bridgehead atoms. The van der Waals surface area contributed by atoms with E-state index >= 15 is 0 Å². The Labute approximate surface area is 103 Å². The third-order valence-electron chi connectivity index (χ3n) is 2.87. The minimum Gasteiger partial charge on any atom is -0.508 e. The summed E-state index contributed by atoms with van der Waals surface area (Å²) in [7, 11) is 0. The minimum absolute atomic E-state index is 0.352. The van der Waals surface area contributed by atoms with E-state index in [1.807, 2.05) is 12.1 Å². The molecule has 1 heteroatoms. The van der Waals surface area contributed by atoms with Crippen LogP contribution in [0.25, 0.3) is 11.1 Å². The molecule has 1 aromatic carbocycles. The van der Waals surface area contributed by atoms with Crippen LogP contribution in [0.2, 0.25) is 0 Å². The van der Waals surface area contributed by atoms with Gasteiger partial charge in [-0.1, -0.05) is 43.7 Å². The first-order valence-corrected chi connectivity index (χ1v) is 6.18.